The van der Waals surface area contributed by atoms with E-state index in [9.17, 15) is 4.79 Å². The smallest absolute Gasteiger partial charge is 0.239 e. The molecule has 1 atom stereocenters. The summed E-state index contributed by atoms with van der Waals surface area (Å²) < 4.78 is 6.39. The molecule has 1 aromatic rings. The van der Waals surface area contributed by atoms with Crippen molar-refractivity contribution in [2.45, 2.75) is 12.6 Å². The number of ether oxygens (including phenoxy) is 1. The van der Waals surface area contributed by atoms with Gasteiger partial charge in [0.2, 0.25) is 5.91 Å². The predicted octanol–water partition coefficient (Wildman–Crippen LogP) is -1.63. The minimum atomic E-state index is -0.620. The quantitative estimate of drug-likeness (QED) is 0.591. The summed E-state index contributed by atoms with van der Waals surface area (Å²) in [4.78, 5) is 11.3. The number of rotatable bonds is 6. The van der Waals surface area contributed by atoms with E-state index >= 15 is 0 Å². The molecular formula is C8H15N5O2. The highest BCUT2D eigenvalue weighted by Gasteiger charge is 2.11. The van der Waals surface area contributed by atoms with Gasteiger partial charge in [-0.05, 0) is 0 Å². The second-order valence-corrected chi connectivity index (χ2v) is 3.02. The maximum Gasteiger partial charge on any atom is 0.239 e. The molecule has 0 radical (unpaired) electrons. The van der Waals surface area contributed by atoms with Gasteiger partial charge in [-0.1, -0.05) is 5.21 Å². The van der Waals surface area contributed by atoms with Crippen LogP contribution in [0, 0.1) is 0 Å². The number of amides is 1. The number of hydrogen-bond donors (Lipinski definition) is 2. The third-order valence-corrected chi connectivity index (χ3v) is 1.80. The lowest BCUT2D eigenvalue weighted by atomic mass is 10.3. The van der Waals surface area contributed by atoms with Crippen LogP contribution in [0.25, 0.3) is 0 Å². The van der Waals surface area contributed by atoms with Gasteiger partial charge in [0.15, 0.2) is 0 Å². The molecule has 1 amide bonds. The van der Waals surface area contributed by atoms with Crippen LogP contribution in [0.5, 0.6) is 0 Å². The van der Waals surface area contributed by atoms with Crippen LogP contribution in [0.2, 0.25) is 0 Å². The molecular weight excluding hydrogens is 198 g/mol. The minimum absolute atomic E-state index is 0.217. The summed E-state index contributed by atoms with van der Waals surface area (Å²) in [5.41, 5.74) is 5.52. The van der Waals surface area contributed by atoms with Crippen LogP contribution in [0.4, 0.5) is 0 Å². The zero-order chi connectivity index (χ0) is 11.1. The molecule has 7 heteroatoms. The SMILES string of the molecule is COCC(N)C(=O)NCCn1ccnn1. The fourth-order valence-corrected chi connectivity index (χ4v) is 1.03. The Bertz CT molecular complexity index is 287. The zero-order valence-electron chi connectivity index (χ0n) is 8.59. The maximum absolute atomic E-state index is 11.3. The van der Waals surface area contributed by atoms with E-state index in [1.807, 2.05) is 0 Å². The molecule has 0 fully saturated rings. The number of aromatic nitrogens is 3. The van der Waals surface area contributed by atoms with E-state index in [2.05, 4.69) is 15.6 Å². The molecule has 1 heterocycles. The molecule has 7 nitrogen and oxygen atoms in total. The number of nitrogens with two attached hydrogens (primary N) is 1. The van der Waals surface area contributed by atoms with E-state index < -0.39 is 6.04 Å². The lowest BCUT2D eigenvalue weighted by Gasteiger charge is -2.10. The van der Waals surface area contributed by atoms with Crippen LogP contribution in [-0.2, 0) is 16.1 Å². The summed E-state index contributed by atoms with van der Waals surface area (Å²) in [6.45, 7) is 1.26. The second kappa shape index (κ2) is 6.10. The van der Waals surface area contributed by atoms with E-state index in [1.165, 1.54) is 7.11 Å². The molecule has 1 rings (SSSR count). The van der Waals surface area contributed by atoms with Gasteiger partial charge >= 0.3 is 0 Å². The molecule has 0 bridgehead atoms. The summed E-state index contributed by atoms with van der Waals surface area (Å²) in [5.74, 6) is -0.225. The summed E-state index contributed by atoms with van der Waals surface area (Å²) >= 11 is 0. The van der Waals surface area contributed by atoms with E-state index in [0.717, 1.165) is 0 Å². The van der Waals surface area contributed by atoms with Gasteiger partial charge in [-0.25, -0.2) is 0 Å². The zero-order valence-corrected chi connectivity index (χ0v) is 8.59. The van der Waals surface area contributed by atoms with E-state index in [0.29, 0.717) is 13.1 Å². The molecule has 3 N–H and O–H groups in total. The topological polar surface area (TPSA) is 95.1 Å². The Morgan fingerprint density at radius 2 is 2.53 bits per heavy atom. The highest BCUT2D eigenvalue weighted by atomic mass is 16.5. The van der Waals surface area contributed by atoms with Crippen LogP contribution >= 0.6 is 0 Å². The van der Waals surface area contributed by atoms with Gasteiger partial charge in [0.25, 0.3) is 0 Å². The van der Waals surface area contributed by atoms with Crippen molar-refractivity contribution in [2.24, 2.45) is 5.73 Å². The summed E-state index contributed by atoms with van der Waals surface area (Å²) in [7, 11) is 1.50. The summed E-state index contributed by atoms with van der Waals surface area (Å²) in [6, 6.07) is -0.620. The molecule has 0 aliphatic carbocycles. The first-order valence-corrected chi connectivity index (χ1v) is 4.60. The standard InChI is InChI=1S/C8H15N5O2/c1-15-6-7(9)8(14)10-2-4-13-5-3-11-12-13/h3,5,7H,2,4,6,9H2,1H3,(H,10,14). The number of carbonyl (C=O) groups excluding carboxylic acids is 1. The number of carbonyl (C=O) groups is 1. The highest BCUT2D eigenvalue weighted by molar-refractivity contribution is 5.81. The summed E-state index contributed by atoms with van der Waals surface area (Å²) in [5, 5.41) is 10.1. The molecule has 1 aromatic heterocycles. The van der Waals surface area contributed by atoms with E-state index in [1.54, 1.807) is 17.1 Å². The van der Waals surface area contributed by atoms with Crippen molar-refractivity contribution in [2.75, 3.05) is 20.3 Å². The van der Waals surface area contributed by atoms with Gasteiger partial charge in [-0.2, -0.15) is 0 Å². The third-order valence-electron chi connectivity index (χ3n) is 1.80. The third kappa shape index (κ3) is 4.05. The minimum Gasteiger partial charge on any atom is -0.383 e. The molecule has 0 aromatic carbocycles. The monoisotopic (exact) mass is 213 g/mol. The Labute approximate surface area is 87.6 Å². The van der Waals surface area contributed by atoms with Crippen LogP contribution in [0.3, 0.4) is 0 Å². The van der Waals surface area contributed by atoms with Crippen molar-refractivity contribution in [3.05, 3.63) is 12.4 Å². The van der Waals surface area contributed by atoms with Crippen LogP contribution in [-0.4, -0.2) is 47.2 Å². The van der Waals surface area contributed by atoms with Gasteiger partial charge in [-0.3, -0.25) is 9.48 Å². The maximum atomic E-state index is 11.3. The molecule has 0 aliphatic rings. The molecule has 0 spiro atoms. The Balaban J connectivity index is 2.17. The Kier molecular flexibility index (Phi) is 4.72. The first-order valence-electron chi connectivity index (χ1n) is 4.60. The van der Waals surface area contributed by atoms with E-state index in [4.69, 9.17) is 10.5 Å². The largest absolute Gasteiger partial charge is 0.383 e. The second-order valence-electron chi connectivity index (χ2n) is 3.02. The average Bonchev–Trinajstić information content (AvgIpc) is 2.71. The fourth-order valence-electron chi connectivity index (χ4n) is 1.03. The Morgan fingerprint density at radius 1 is 1.73 bits per heavy atom. The van der Waals surface area contributed by atoms with Crippen molar-refractivity contribution < 1.29 is 9.53 Å². The van der Waals surface area contributed by atoms with Crippen molar-refractivity contribution in [1.82, 2.24) is 20.3 Å². The first kappa shape index (κ1) is 11.6. The fraction of sp³-hybridized carbons (Fsp3) is 0.625. The van der Waals surface area contributed by atoms with Crippen LogP contribution < -0.4 is 11.1 Å². The average molecular weight is 213 g/mol. The van der Waals surface area contributed by atoms with Crippen molar-refractivity contribution in [3.63, 3.8) is 0 Å². The summed E-state index contributed by atoms with van der Waals surface area (Å²) in [6.07, 6.45) is 3.31. The van der Waals surface area contributed by atoms with Gasteiger partial charge in [0.1, 0.15) is 6.04 Å². The molecule has 84 valence electrons. The number of methoxy groups -OCH3 is 1. The molecule has 15 heavy (non-hydrogen) atoms. The van der Waals surface area contributed by atoms with Crippen molar-refractivity contribution in [3.8, 4) is 0 Å². The normalized spacial score (nSPS) is 12.4. The van der Waals surface area contributed by atoms with Crippen LogP contribution in [0.1, 0.15) is 0 Å². The van der Waals surface area contributed by atoms with Crippen LogP contribution in [0.15, 0.2) is 12.4 Å². The van der Waals surface area contributed by atoms with Gasteiger partial charge in [0.05, 0.1) is 19.3 Å². The Morgan fingerprint density at radius 3 is 3.13 bits per heavy atom. The number of hydrogen-bond acceptors (Lipinski definition) is 5. The predicted molar refractivity (Wildman–Crippen MR) is 52.9 cm³/mol. The van der Waals surface area contributed by atoms with Gasteiger partial charge in [0, 0.05) is 19.9 Å². The van der Waals surface area contributed by atoms with Crippen molar-refractivity contribution in [1.29, 1.82) is 0 Å². The Hall–Kier alpha value is -1.47. The molecule has 0 aliphatic heterocycles. The number of nitrogens with one attached hydrogen (secondary N) is 1. The lowest BCUT2D eigenvalue weighted by molar-refractivity contribution is -0.123. The first-order chi connectivity index (χ1) is 7.24. The highest BCUT2D eigenvalue weighted by Crippen LogP contribution is 1.82. The lowest BCUT2D eigenvalue weighted by Crippen LogP contribution is -2.44. The van der Waals surface area contributed by atoms with Crippen molar-refractivity contribution >= 4 is 5.91 Å². The molecule has 0 saturated carbocycles. The molecule has 1 unspecified atom stereocenters. The van der Waals surface area contributed by atoms with Gasteiger partial charge in [-0.15, -0.1) is 5.10 Å². The van der Waals surface area contributed by atoms with E-state index in [-0.39, 0.29) is 12.5 Å². The molecule has 0 saturated heterocycles. The number of nitrogens with zero attached hydrogens (tertiary/aromatic N) is 3. The van der Waals surface area contributed by atoms with Gasteiger partial charge < -0.3 is 15.8 Å².